The van der Waals surface area contributed by atoms with E-state index in [0.717, 1.165) is 16.3 Å². The number of likely N-dealkylation sites (tertiary alicyclic amines) is 1. The van der Waals surface area contributed by atoms with Crippen molar-refractivity contribution < 1.29 is 14.7 Å². The van der Waals surface area contributed by atoms with Gasteiger partial charge in [-0.15, -0.1) is 0 Å². The maximum absolute atomic E-state index is 12.5. The van der Waals surface area contributed by atoms with Gasteiger partial charge in [0, 0.05) is 13.1 Å². The number of carboxylic acid groups (broad SMARTS) is 1. The number of carbonyl (C=O) groups excluding carboxylic acids is 1. The number of benzene rings is 2. The number of nitrogens with zero attached hydrogens (tertiary/aromatic N) is 1. The molecule has 2 atom stereocenters. The van der Waals surface area contributed by atoms with Crippen LogP contribution >= 0.6 is 0 Å². The van der Waals surface area contributed by atoms with E-state index in [1.165, 1.54) is 0 Å². The Hall–Kier alpha value is -2.36. The molecule has 1 aliphatic heterocycles. The van der Waals surface area contributed by atoms with E-state index in [-0.39, 0.29) is 11.8 Å². The summed E-state index contributed by atoms with van der Waals surface area (Å²) in [5.74, 6) is -1.25. The summed E-state index contributed by atoms with van der Waals surface area (Å²) >= 11 is 0. The van der Waals surface area contributed by atoms with E-state index in [0.29, 0.717) is 19.5 Å². The lowest BCUT2D eigenvalue weighted by Gasteiger charge is -2.16. The molecule has 0 aliphatic carbocycles. The first-order chi connectivity index (χ1) is 10.6. The Bertz CT molecular complexity index is 720. The zero-order valence-corrected chi connectivity index (χ0v) is 12.5. The SMILES string of the molecule is C[C@@H]1CN(C(=O)Cc2cccc3ccccc23)C[C@H]1C(=O)O. The van der Waals surface area contributed by atoms with E-state index in [1.54, 1.807) is 4.90 Å². The average Bonchev–Trinajstić information content (AvgIpc) is 2.90. The number of fused-ring (bicyclic) bond motifs is 1. The van der Waals surface area contributed by atoms with Gasteiger partial charge in [-0.2, -0.15) is 0 Å². The van der Waals surface area contributed by atoms with Gasteiger partial charge in [-0.1, -0.05) is 49.4 Å². The molecule has 0 saturated carbocycles. The number of aliphatic carboxylic acids is 1. The van der Waals surface area contributed by atoms with Crippen molar-refractivity contribution in [2.75, 3.05) is 13.1 Å². The highest BCUT2D eigenvalue weighted by Gasteiger charge is 2.36. The first-order valence-electron chi connectivity index (χ1n) is 7.53. The van der Waals surface area contributed by atoms with Crippen molar-refractivity contribution in [2.45, 2.75) is 13.3 Å². The summed E-state index contributed by atoms with van der Waals surface area (Å²) in [5.41, 5.74) is 0.995. The second-order valence-corrected chi connectivity index (χ2v) is 6.04. The molecule has 1 amide bonds. The second-order valence-electron chi connectivity index (χ2n) is 6.04. The molecule has 4 nitrogen and oxygen atoms in total. The van der Waals surface area contributed by atoms with Crippen LogP contribution in [0.5, 0.6) is 0 Å². The van der Waals surface area contributed by atoms with Crippen LogP contribution in [0.2, 0.25) is 0 Å². The van der Waals surface area contributed by atoms with Crippen molar-refractivity contribution in [3.8, 4) is 0 Å². The lowest BCUT2D eigenvalue weighted by atomic mass is 9.99. The highest BCUT2D eigenvalue weighted by atomic mass is 16.4. The highest BCUT2D eigenvalue weighted by Crippen LogP contribution is 2.25. The van der Waals surface area contributed by atoms with E-state index >= 15 is 0 Å². The molecule has 22 heavy (non-hydrogen) atoms. The van der Waals surface area contributed by atoms with Crippen LogP contribution in [0, 0.1) is 11.8 Å². The monoisotopic (exact) mass is 297 g/mol. The molecule has 0 radical (unpaired) electrons. The predicted octanol–water partition coefficient (Wildman–Crippen LogP) is 2.56. The van der Waals surface area contributed by atoms with Gasteiger partial charge in [-0.3, -0.25) is 9.59 Å². The van der Waals surface area contributed by atoms with Crippen LogP contribution in [0.4, 0.5) is 0 Å². The van der Waals surface area contributed by atoms with Gasteiger partial charge < -0.3 is 10.0 Å². The van der Waals surface area contributed by atoms with E-state index in [2.05, 4.69) is 0 Å². The molecule has 1 aliphatic rings. The van der Waals surface area contributed by atoms with Crippen LogP contribution in [-0.4, -0.2) is 35.0 Å². The molecule has 0 unspecified atom stereocenters. The molecule has 0 bridgehead atoms. The fraction of sp³-hybridized carbons (Fsp3) is 0.333. The topological polar surface area (TPSA) is 57.6 Å². The van der Waals surface area contributed by atoms with Crippen molar-refractivity contribution in [1.82, 2.24) is 4.90 Å². The van der Waals surface area contributed by atoms with Gasteiger partial charge in [-0.05, 0) is 22.3 Å². The first kappa shape index (κ1) is 14.6. The standard InChI is InChI=1S/C18H19NO3/c1-12-10-19(11-16(12)18(21)22)17(20)9-14-7-4-6-13-5-2-3-8-15(13)14/h2-8,12,16H,9-11H2,1H3,(H,21,22)/t12-,16-/m1/s1. The van der Waals surface area contributed by atoms with E-state index in [9.17, 15) is 14.7 Å². The summed E-state index contributed by atoms with van der Waals surface area (Å²) in [6.07, 6.45) is 0.320. The van der Waals surface area contributed by atoms with Crippen molar-refractivity contribution >= 4 is 22.6 Å². The quantitative estimate of drug-likeness (QED) is 0.947. The van der Waals surface area contributed by atoms with E-state index in [4.69, 9.17) is 0 Å². The van der Waals surface area contributed by atoms with Crippen LogP contribution in [0.3, 0.4) is 0 Å². The Kier molecular flexibility index (Phi) is 3.84. The Morgan fingerprint density at radius 2 is 1.86 bits per heavy atom. The van der Waals surface area contributed by atoms with Gasteiger partial charge in [-0.25, -0.2) is 0 Å². The first-order valence-corrected chi connectivity index (χ1v) is 7.53. The number of carbonyl (C=O) groups is 2. The summed E-state index contributed by atoms with van der Waals surface area (Å²) in [6, 6.07) is 13.9. The number of amides is 1. The Morgan fingerprint density at radius 1 is 1.14 bits per heavy atom. The minimum Gasteiger partial charge on any atom is -0.481 e. The van der Waals surface area contributed by atoms with E-state index in [1.807, 2.05) is 49.4 Å². The highest BCUT2D eigenvalue weighted by molar-refractivity contribution is 5.90. The number of carboxylic acids is 1. The van der Waals surface area contributed by atoms with Crippen molar-refractivity contribution in [1.29, 1.82) is 0 Å². The van der Waals surface area contributed by atoms with Gasteiger partial charge >= 0.3 is 5.97 Å². The lowest BCUT2D eigenvalue weighted by Crippen LogP contribution is -2.31. The van der Waals surface area contributed by atoms with Gasteiger partial charge in [0.25, 0.3) is 0 Å². The van der Waals surface area contributed by atoms with Crippen molar-refractivity contribution in [2.24, 2.45) is 11.8 Å². The molecule has 1 fully saturated rings. The molecule has 1 N–H and O–H groups in total. The number of hydrogen-bond acceptors (Lipinski definition) is 2. The van der Waals surface area contributed by atoms with Crippen molar-refractivity contribution in [3.05, 3.63) is 48.0 Å². The zero-order chi connectivity index (χ0) is 15.7. The van der Waals surface area contributed by atoms with Gasteiger partial charge in [0.1, 0.15) is 0 Å². The Labute approximate surface area is 129 Å². The van der Waals surface area contributed by atoms with Crippen LogP contribution in [0.15, 0.2) is 42.5 Å². The summed E-state index contributed by atoms with van der Waals surface area (Å²) in [4.78, 5) is 25.4. The molecule has 4 heteroatoms. The fourth-order valence-corrected chi connectivity index (χ4v) is 3.21. The Morgan fingerprint density at radius 3 is 2.59 bits per heavy atom. The van der Waals surface area contributed by atoms with Crippen LogP contribution in [0.25, 0.3) is 10.8 Å². The molecule has 3 rings (SSSR count). The summed E-state index contributed by atoms with van der Waals surface area (Å²) in [7, 11) is 0. The Balaban J connectivity index is 1.78. The smallest absolute Gasteiger partial charge is 0.308 e. The molecular formula is C18H19NO3. The van der Waals surface area contributed by atoms with Crippen LogP contribution in [-0.2, 0) is 16.0 Å². The molecule has 2 aromatic rings. The van der Waals surface area contributed by atoms with Gasteiger partial charge in [0.05, 0.1) is 12.3 Å². The maximum atomic E-state index is 12.5. The molecule has 0 aromatic heterocycles. The third kappa shape index (κ3) is 2.69. The normalized spacial score (nSPS) is 21.2. The van der Waals surface area contributed by atoms with Gasteiger partial charge in [0.15, 0.2) is 0 Å². The second kappa shape index (κ2) is 5.79. The van der Waals surface area contributed by atoms with E-state index < -0.39 is 11.9 Å². The minimum absolute atomic E-state index is 0.00644. The molecular weight excluding hydrogens is 278 g/mol. The largest absolute Gasteiger partial charge is 0.481 e. The van der Waals surface area contributed by atoms with Crippen LogP contribution in [0.1, 0.15) is 12.5 Å². The molecule has 1 heterocycles. The minimum atomic E-state index is -0.812. The lowest BCUT2D eigenvalue weighted by molar-refractivity contribution is -0.142. The van der Waals surface area contributed by atoms with Gasteiger partial charge in [0.2, 0.25) is 5.91 Å². The molecule has 0 spiro atoms. The number of hydrogen-bond donors (Lipinski definition) is 1. The molecule has 2 aromatic carbocycles. The molecule has 1 saturated heterocycles. The third-order valence-electron chi connectivity index (χ3n) is 4.50. The zero-order valence-electron chi connectivity index (χ0n) is 12.5. The summed E-state index contributed by atoms with van der Waals surface area (Å²) in [5, 5.41) is 11.4. The average molecular weight is 297 g/mol. The number of rotatable bonds is 3. The summed E-state index contributed by atoms with van der Waals surface area (Å²) < 4.78 is 0. The molecule has 114 valence electrons. The van der Waals surface area contributed by atoms with Crippen molar-refractivity contribution in [3.63, 3.8) is 0 Å². The maximum Gasteiger partial charge on any atom is 0.308 e. The third-order valence-corrected chi connectivity index (χ3v) is 4.50. The van der Waals surface area contributed by atoms with Crippen LogP contribution < -0.4 is 0 Å². The predicted molar refractivity (Wildman–Crippen MR) is 84.5 cm³/mol. The summed E-state index contributed by atoms with van der Waals surface area (Å²) in [6.45, 7) is 2.74. The fourth-order valence-electron chi connectivity index (χ4n) is 3.21.